The van der Waals surface area contributed by atoms with Gasteiger partial charge in [0.15, 0.2) is 0 Å². The molecule has 3 rings (SSSR count). The van der Waals surface area contributed by atoms with E-state index in [1.165, 1.54) is 23.1 Å². The van der Waals surface area contributed by atoms with Crippen molar-refractivity contribution in [2.24, 2.45) is 0 Å². The first-order chi connectivity index (χ1) is 14.9. The minimum Gasteiger partial charge on any atom is -0.349 e. The maximum Gasteiger partial charge on any atom is 0.253 e. The predicted molar refractivity (Wildman–Crippen MR) is 117 cm³/mol. The van der Waals surface area contributed by atoms with E-state index in [-0.39, 0.29) is 36.9 Å². The minimum atomic E-state index is -0.443. The molecule has 1 aliphatic rings. The molecule has 7 nitrogen and oxygen atoms in total. The molecule has 2 aromatic rings. The van der Waals surface area contributed by atoms with Gasteiger partial charge in [-0.3, -0.25) is 19.3 Å². The van der Waals surface area contributed by atoms with E-state index in [9.17, 15) is 18.8 Å². The normalized spacial score (nSPS) is 13.8. The summed E-state index contributed by atoms with van der Waals surface area (Å²) < 4.78 is 13.2. The molecule has 0 spiro atoms. The zero-order valence-corrected chi connectivity index (χ0v) is 17.5. The van der Waals surface area contributed by atoms with E-state index in [0.29, 0.717) is 16.9 Å². The number of carbonyl (C=O) groups is 3. The summed E-state index contributed by atoms with van der Waals surface area (Å²) in [5.41, 5.74) is 1.19. The molecule has 1 fully saturated rings. The molecule has 164 valence electrons. The molecule has 3 N–H and O–H groups in total. The zero-order chi connectivity index (χ0) is 22.2. The first kappa shape index (κ1) is 22.4. The summed E-state index contributed by atoms with van der Waals surface area (Å²) in [5, 5.41) is 8.37. The number of benzene rings is 2. The number of carbonyl (C=O) groups excluding carboxylic acids is 3. The van der Waals surface area contributed by atoms with Gasteiger partial charge in [0.1, 0.15) is 5.82 Å². The molecule has 0 atom stereocenters. The number of nitrogens with zero attached hydrogens (tertiary/aromatic N) is 1. The predicted octanol–water partition coefficient (Wildman–Crippen LogP) is 3.01. The summed E-state index contributed by atoms with van der Waals surface area (Å²) >= 11 is 0. The maximum absolute atomic E-state index is 13.2. The van der Waals surface area contributed by atoms with Crippen molar-refractivity contribution in [1.29, 1.82) is 0 Å². The molecule has 8 heteroatoms. The Kier molecular flexibility index (Phi) is 7.72. The monoisotopic (exact) mass is 426 g/mol. The summed E-state index contributed by atoms with van der Waals surface area (Å²) in [5.74, 6) is -1.36. The number of hydrogen-bond acceptors (Lipinski definition) is 4. The molecule has 0 unspecified atom stereocenters. The Morgan fingerprint density at radius 2 is 1.65 bits per heavy atom. The number of likely N-dealkylation sites (N-methyl/N-ethyl adjacent to an activating group) is 1. The van der Waals surface area contributed by atoms with E-state index < -0.39 is 5.82 Å². The molecule has 0 bridgehead atoms. The summed E-state index contributed by atoms with van der Waals surface area (Å²) in [4.78, 5) is 38.7. The van der Waals surface area contributed by atoms with Crippen molar-refractivity contribution in [3.05, 3.63) is 59.9 Å². The number of amides is 3. The molecule has 1 saturated carbocycles. The Morgan fingerprint density at radius 3 is 2.35 bits per heavy atom. The van der Waals surface area contributed by atoms with Crippen molar-refractivity contribution in [3.63, 3.8) is 0 Å². The van der Waals surface area contributed by atoms with E-state index >= 15 is 0 Å². The number of rotatable bonds is 8. The van der Waals surface area contributed by atoms with Gasteiger partial charge in [0.25, 0.3) is 5.91 Å². The van der Waals surface area contributed by atoms with Crippen LogP contribution in [0.15, 0.2) is 48.5 Å². The van der Waals surface area contributed by atoms with Crippen LogP contribution in [-0.2, 0) is 9.59 Å². The standard InChI is InChI=1S/C23H27FN4O3/c1-28(14-21(29)25-18-10-6-7-16(24)13-18)15-22(30)27-20-12-5-4-11-19(20)23(31)26-17-8-2-3-9-17/h4-7,10-13,17H,2-3,8-9,14-15H2,1H3,(H,25,29)(H,26,31)(H,27,30). The van der Waals surface area contributed by atoms with Crippen molar-refractivity contribution in [3.8, 4) is 0 Å². The highest BCUT2D eigenvalue weighted by Crippen LogP contribution is 2.20. The highest BCUT2D eigenvalue weighted by Gasteiger charge is 2.20. The molecule has 31 heavy (non-hydrogen) atoms. The number of nitrogens with one attached hydrogen (secondary N) is 3. The zero-order valence-electron chi connectivity index (χ0n) is 17.5. The molecule has 0 saturated heterocycles. The molecule has 0 aliphatic heterocycles. The Hall–Kier alpha value is -3.26. The minimum absolute atomic E-state index is 0.0465. The van der Waals surface area contributed by atoms with Gasteiger partial charge in [0.2, 0.25) is 11.8 Å². The second kappa shape index (κ2) is 10.7. The van der Waals surface area contributed by atoms with Crippen LogP contribution in [-0.4, -0.2) is 48.8 Å². The smallest absolute Gasteiger partial charge is 0.253 e. The van der Waals surface area contributed by atoms with Gasteiger partial charge in [0.05, 0.1) is 24.3 Å². The molecule has 0 aromatic heterocycles. The molecule has 0 heterocycles. The van der Waals surface area contributed by atoms with Crippen LogP contribution >= 0.6 is 0 Å². The summed E-state index contributed by atoms with van der Waals surface area (Å²) in [6.07, 6.45) is 4.18. The number of para-hydroxylation sites is 1. The Bertz CT molecular complexity index is 944. The summed E-state index contributed by atoms with van der Waals surface area (Å²) in [6, 6.07) is 12.6. The molecule has 1 aliphatic carbocycles. The van der Waals surface area contributed by atoms with Gasteiger partial charge in [-0.2, -0.15) is 0 Å². The third-order valence-corrected chi connectivity index (χ3v) is 5.07. The number of anilines is 2. The molecule has 3 amide bonds. The van der Waals surface area contributed by atoms with Crippen LogP contribution in [0, 0.1) is 5.82 Å². The topological polar surface area (TPSA) is 90.5 Å². The SMILES string of the molecule is CN(CC(=O)Nc1cccc(F)c1)CC(=O)Nc1ccccc1C(=O)NC1CCCC1. The largest absolute Gasteiger partial charge is 0.349 e. The third-order valence-electron chi connectivity index (χ3n) is 5.07. The van der Waals surface area contributed by atoms with Crippen LogP contribution in [0.4, 0.5) is 15.8 Å². The van der Waals surface area contributed by atoms with Crippen LogP contribution in [0.25, 0.3) is 0 Å². The van der Waals surface area contributed by atoms with Crippen molar-refractivity contribution < 1.29 is 18.8 Å². The second-order valence-electron chi connectivity index (χ2n) is 7.78. The number of hydrogen-bond donors (Lipinski definition) is 3. The average Bonchev–Trinajstić information content (AvgIpc) is 3.21. The van der Waals surface area contributed by atoms with Gasteiger partial charge in [-0.25, -0.2) is 4.39 Å². The van der Waals surface area contributed by atoms with Gasteiger partial charge in [-0.05, 0) is 50.2 Å². The van der Waals surface area contributed by atoms with Crippen LogP contribution in [0.3, 0.4) is 0 Å². The van der Waals surface area contributed by atoms with Crippen LogP contribution in [0.2, 0.25) is 0 Å². The van der Waals surface area contributed by atoms with Gasteiger partial charge >= 0.3 is 0 Å². The Balaban J connectivity index is 1.51. The van der Waals surface area contributed by atoms with E-state index in [4.69, 9.17) is 0 Å². The lowest BCUT2D eigenvalue weighted by atomic mass is 10.1. The molecule has 0 radical (unpaired) electrons. The number of halogens is 1. The van der Waals surface area contributed by atoms with Crippen molar-refractivity contribution in [2.45, 2.75) is 31.7 Å². The third kappa shape index (κ3) is 6.89. The Morgan fingerprint density at radius 1 is 0.968 bits per heavy atom. The molecular weight excluding hydrogens is 399 g/mol. The first-order valence-electron chi connectivity index (χ1n) is 10.3. The summed E-state index contributed by atoms with van der Waals surface area (Å²) in [6.45, 7) is -0.0943. The Labute approximate surface area is 181 Å². The van der Waals surface area contributed by atoms with Crippen LogP contribution < -0.4 is 16.0 Å². The van der Waals surface area contributed by atoms with Crippen LogP contribution in [0.1, 0.15) is 36.0 Å². The van der Waals surface area contributed by atoms with Crippen molar-refractivity contribution >= 4 is 29.1 Å². The van der Waals surface area contributed by atoms with E-state index in [1.807, 2.05) is 0 Å². The fourth-order valence-corrected chi connectivity index (χ4v) is 3.63. The van der Waals surface area contributed by atoms with Crippen molar-refractivity contribution in [2.75, 3.05) is 30.8 Å². The van der Waals surface area contributed by atoms with Crippen LogP contribution in [0.5, 0.6) is 0 Å². The fourth-order valence-electron chi connectivity index (χ4n) is 3.63. The van der Waals surface area contributed by atoms with Gasteiger partial charge < -0.3 is 16.0 Å². The van der Waals surface area contributed by atoms with Gasteiger partial charge in [0, 0.05) is 11.7 Å². The lowest BCUT2D eigenvalue weighted by molar-refractivity contribution is -0.119. The van der Waals surface area contributed by atoms with E-state index in [1.54, 1.807) is 37.4 Å². The molecule has 2 aromatic carbocycles. The molecular formula is C23H27FN4O3. The lowest BCUT2D eigenvalue weighted by Gasteiger charge is -2.18. The highest BCUT2D eigenvalue weighted by atomic mass is 19.1. The van der Waals surface area contributed by atoms with E-state index in [0.717, 1.165) is 25.7 Å². The lowest BCUT2D eigenvalue weighted by Crippen LogP contribution is -2.37. The second-order valence-corrected chi connectivity index (χ2v) is 7.78. The summed E-state index contributed by atoms with van der Waals surface area (Å²) in [7, 11) is 1.63. The van der Waals surface area contributed by atoms with Gasteiger partial charge in [-0.15, -0.1) is 0 Å². The highest BCUT2D eigenvalue weighted by molar-refractivity contribution is 6.04. The fraction of sp³-hybridized carbons (Fsp3) is 0.348. The first-order valence-corrected chi connectivity index (χ1v) is 10.3. The quantitative estimate of drug-likeness (QED) is 0.605. The van der Waals surface area contributed by atoms with E-state index in [2.05, 4.69) is 16.0 Å². The van der Waals surface area contributed by atoms with Gasteiger partial charge in [-0.1, -0.05) is 31.0 Å². The maximum atomic E-state index is 13.2. The average molecular weight is 426 g/mol. The van der Waals surface area contributed by atoms with Crippen molar-refractivity contribution in [1.82, 2.24) is 10.2 Å².